The minimum atomic E-state index is -0.0814. The van der Waals surface area contributed by atoms with Crippen molar-refractivity contribution in [2.45, 2.75) is 32.3 Å². The van der Waals surface area contributed by atoms with Crippen molar-refractivity contribution < 1.29 is 4.74 Å². The van der Waals surface area contributed by atoms with E-state index in [2.05, 4.69) is 45.9 Å². The van der Waals surface area contributed by atoms with Crippen molar-refractivity contribution in [2.24, 2.45) is 0 Å². The van der Waals surface area contributed by atoms with Gasteiger partial charge in [-0.15, -0.1) is 0 Å². The zero-order valence-corrected chi connectivity index (χ0v) is 14.3. The molecule has 4 nitrogen and oxygen atoms in total. The number of hydrogen-bond acceptors (Lipinski definition) is 4. The second-order valence-electron chi connectivity index (χ2n) is 5.11. The van der Waals surface area contributed by atoms with Crippen LogP contribution in [0.25, 0.3) is 0 Å². The van der Waals surface area contributed by atoms with Crippen molar-refractivity contribution in [3.05, 3.63) is 44.9 Å². The first-order valence-electron chi connectivity index (χ1n) is 7.21. The Morgan fingerprint density at radius 3 is 2.86 bits per heavy atom. The molecule has 1 aliphatic rings. The highest BCUT2D eigenvalue weighted by molar-refractivity contribution is 14.1. The number of fused-ring (bicyclic) bond motifs is 1. The van der Waals surface area contributed by atoms with Crippen LogP contribution in [-0.4, -0.2) is 17.0 Å². The lowest BCUT2D eigenvalue weighted by molar-refractivity contribution is 0.227. The van der Waals surface area contributed by atoms with E-state index in [9.17, 15) is 0 Å². The molecule has 1 aromatic heterocycles. The van der Waals surface area contributed by atoms with Crippen molar-refractivity contribution in [1.82, 2.24) is 9.97 Å². The van der Waals surface area contributed by atoms with Crippen LogP contribution in [0.5, 0.6) is 5.75 Å². The van der Waals surface area contributed by atoms with Gasteiger partial charge < -0.3 is 10.1 Å². The Bertz CT molecular complexity index is 635. The molecule has 0 fully saturated rings. The molecule has 110 valence electrons. The van der Waals surface area contributed by atoms with Gasteiger partial charge in [0.2, 0.25) is 0 Å². The third kappa shape index (κ3) is 2.84. The van der Waals surface area contributed by atoms with Gasteiger partial charge in [0.25, 0.3) is 0 Å². The van der Waals surface area contributed by atoms with Crippen LogP contribution in [0.4, 0.5) is 5.82 Å². The molecule has 21 heavy (non-hydrogen) atoms. The van der Waals surface area contributed by atoms with Crippen LogP contribution in [-0.2, 0) is 12.8 Å². The molecule has 1 N–H and O–H groups in total. The van der Waals surface area contributed by atoms with Crippen molar-refractivity contribution in [2.75, 3.05) is 12.4 Å². The SMILES string of the molecule is CCCc1nc(C2Cc3ccccc3O2)nc(NC)c1I. The summed E-state index contributed by atoms with van der Waals surface area (Å²) in [6.45, 7) is 2.17. The van der Waals surface area contributed by atoms with Gasteiger partial charge in [-0.1, -0.05) is 31.5 Å². The Morgan fingerprint density at radius 2 is 2.14 bits per heavy atom. The van der Waals surface area contributed by atoms with E-state index in [0.29, 0.717) is 0 Å². The largest absolute Gasteiger partial charge is 0.482 e. The van der Waals surface area contributed by atoms with Gasteiger partial charge in [-0.05, 0) is 40.6 Å². The van der Waals surface area contributed by atoms with E-state index in [-0.39, 0.29) is 6.10 Å². The highest BCUT2D eigenvalue weighted by Gasteiger charge is 2.27. The summed E-state index contributed by atoms with van der Waals surface area (Å²) in [6.07, 6.45) is 2.79. The van der Waals surface area contributed by atoms with Gasteiger partial charge in [0, 0.05) is 13.5 Å². The number of hydrogen-bond donors (Lipinski definition) is 1. The lowest BCUT2D eigenvalue weighted by Crippen LogP contribution is -2.13. The number of anilines is 1. The summed E-state index contributed by atoms with van der Waals surface area (Å²) in [5.74, 6) is 2.62. The average molecular weight is 395 g/mol. The molecule has 0 amide bonds. The maximum Gasteiger partial charge on any atom is 0.172 e. The summed E-state index contributed by atoms with van der Waals surface area (Å²) in [6, 6.07) is 8.15. The third-order valence-corrected chi connectivity index (χ3v) is 4.73. The van der Waals surface area contributed by atoms with E-state index in [1.807, 2.05) is 25.2 Å². The smallest absolute Gasteiger partial charge is 0.172 e. The van der Waals surface area contributed by atoms with E-state index in [0.717, 1.165) is 45.9 Å². The maximum atomic E-state index is 6.01. The number of benzene rings is 1. The van der Waals surface area contributed by atoms with Crippen LogP contribution in [0.3, 0.4) is 0 Å². The lowest BCUT2D eigenvalue weighted by atomic mass is 10.1. The lowest BCUT2D eigenvalue weighted by Gasteiger charge is -2.14. The standard InChI is InChI=1S/C16H18IN3O/c1-3-6-11-14(17)16(18-2)20-15(19-11)13-9-10-7-4-5-8-12(10)21-13/h4-5,7-8,13H,3,6,9H2,1-2H3,(H,18,19,20). The molecule has 0 saturated carbocycles. The molecular formula is C16H18IN3O. The molecule has 0 aliphatic carbocycles. The van der Waals surface area contributed by atoms with Crippen molar-refractivity contribution >= 4 is 28.4 Å². The van der Waals surface area contributed by atoms with E-state index in [1.165, 1.54) is 5.56 Å². The first-order chi connectivity index (χ1) is 10.2. The zero-order chi connectivity index (χ0) is 14.8. The molecule has 0 spiro atoms. The van der Waals surface area contributed by atoms with Crippen molar-refractivity contribution in [3.8, 4) is 5.75 Å². The predicted octanol–water partition coefficient (Wildman–Crippen LogP) is 3.75. The summed E-state index contributed by atoms with van der Waals surface area (Å²) < 4.78 is 7.12. The Morgan fingerprint density at radius 1 is 1.33 bits per heavy atom. The van der Waals surface area contributed by atoms with Gasteiger partial charge in [-0.25, -0.2) is 9.97 Å². The number of nitrogens with one attached hydrogen (secondary N) is 1. The third-order valence-electron chi connectivity index (χ3n) is 3.60. The fraction of sp³-hybridized carbons (Fsp3) is 0.375. The van der Waals surface area contributed by atoms with E-state index in [1.54, 1.807) is 0 Å². The number of halogens is 1. The monoisotopic (exact) mass is 395 g/mol. The molecule has 2 heterocycles. The second kappa shape index (κ2) is 6.17. The Hall–Kier alpha value is -1.37. The van der Waals surface area contributed by atoms with Crippen LogP contribution in [0.2, 0.25) is 0 Å². The zero-order valence-electron chi connectivity index (χ0n) is 12.2. The molecule has 1 aliphatic heterocycles. The minimum Gasteiger partial charge on any atom is -0.482 e. The van der Waals surface area contributed by atoms with Gasteiger partial charge >= 0.3 is 0 Å². The molecule has 1 atom stereocenters. The molecule has 0 radical (unpaired) electrons. The quantitative estimate of drug-likeness (QED) is 0.802. The molecule has 2 aromatic rings. The normalized spacial score (nSPS) is 16.4. The molecule has 0 saturated heterocycles. The second-order valence-corrected chi connectivity index (χ2v) is 6.19. The minimum absolute atomic E-state index is 0.0814. The maximum absolute atomic E-state index is 6.01. The average Bonchev–Trinajstić information content (AvgIpc) is 2.93. The molecule has 1 unspecified atom stereocenters. The first-order valence-corrected chi connectivity index (χ1v) is 8.29. The molecule has 3 rings (SSSR count). The highest BCUT2D eigenvalue weighted by Crippen LogP contribution is 2.36. The highest BCUT2D eigenvalue weighted by atomic mass is 127. The van der Waals surface area contributed by atoms with Crippen molar-refractivity contribution in [3.63, 3.8) is 0 Å². The summed E-state index contributed by atoms with van der Waals surface area (Å²) in [5.41, 5.74) is 2.33. The van der Waals surface area contributed by atoms with Crippen LogP contribution >= 0.6 is 22.6 Å². The van der Waals surface area contributed by atoms with Gasteiger partial charge in [-0.2, -0.15) is 0 Å². The number of ether oxygens (including phenoxy) is 1. The number of rotatable bonds is 4. The molecule has 5 heteroatoms. The molecule has 0 bridgehead atoms. The summed E-state index contributed by atoms with van der Waals surface area (Å²) in [7, 11) is 1.90. The van der Waals surface area contributed by atoms with Crippen LogP contribution in [0.15, 0.2) is 24.3 Å². The Kier molecular flexibility index (Phi) is 4.28. The van der Waals surface area contributed by atoms with Gasteiger partial charge in [-0.3, -0.25) is 0 Å². The number of para-hydroxylation sites is 1. The predicted molar refractivity (Wildman–Crippen MR) is 91.8 cm³/mol. The molecular weight excluding hydrogens is 377 g/mol. The van der Waals surface area contributed by atoms with Crippen LogP contribution in [0, 0.1) is 3.57 Å². The van der Waals surface area contributed by atoms with E-state index >= 15 is 0 Å². The number of nitrogens with zero attached hydrogens (tertiary/aromatic N) is 2. The van der Waals surface area contributed by atoms with Crippen molar-refractivity contribution in [1.29, 1.82) is 0 Å². The Balaban J connectivity index is 1.95. The Labute approximate surface area is 138 Å². The van der Waals surface area contributed by atoms with Gasteiger partial charge in [0.15, 0.2) is 11.9 Å². The van der Waals surface area contributed by atoms with E-state index < -0.39 is 0 Å². The van der Waals surface area contributed by atoms with Crippen LogP contribution in [0.1, 0.15) is 36.5 Å². The van der Waals surface area contributed by atoms with Crippen LogP contribution < -0.4 is 10.1 Å². The summed E-state index contributed by atoms with van der Waals surface area (Å²) in [5, 5.41) is 3.16. The number of aromatic nitrogens is 2. The topological polar surface area (TPSA) is 47.0 Å². The summed E-state index contributed by atoms with van der Waals surface area (Å²) in [4.78, 5) is 9.40. The van der Waals surface area contributed by atoms with E-state index in [4.69, 9.17) is 9.72 Å². The fourth-order valence-corrected chi connectivity index (χ4v) is 3.33. The van der Waals surface area contributed by atoms with Gasteiger partial charge in [0.05, 0.1) is 9.26 Å². The number of aryl methyl sites for hydroxylation is 1. The van der Waals surface area contributed by atoms with Gasteiger partial charge in [0.1, 0.15) is 11.6 Å². The fourth-order valence-electron chi connectivity index (χ4n) is 2.55. The molecule has 1 aromatic carbocycles. The first kappa shape index (κ1) is 14.6. The summed E-state index contributed by atoms with van der Waals surface area (Å²) >= 11 is 2.32.